The number of amides is 1. The number of nitrogens with one attached hydrogen (secondary N) is 1. The van der Waals surface area contributed by atoms with Gasteiger partial charge in [0.1, 0.15) is 23.1 Å². The Morgan fingerprint density at radius 3 is 2.71 bits per heavy atom. The zero-order chi connectivity index (χ0) is 15.2. The summed E-state index contributed by atoms with van der Waals surface area (Å²) in [6.07, 6.45) is 0.365. The molecular weight excluding hydrogens is 342 g/mol. The summed E-state index contributed by atoms with van der Waals surface area (Å²) in [6.45, 7) is 0.126. The summed E-state index contributed by atoms with van der Waals surface area (Å²) in [6, 6.07) is 10.5. The van der Waals surface area contributed by atoms with Crippen molar-refractivity contribution in [3.63, 3.8) is 0 Å². The number of benzene rings is 1. The molecule has 2 aromatic rings. The first-order valence-electron chi connectivity index (χ1n) is 5.84. The summed E-state index contributed by atoms with van der Waals surface area (Å²) in [7, 11) is 0. The molecule has 0 bridgehead atoms. The van der Waals surface area contributed by atoms with Gasteiger partial charge in [0.05, 0.1) is 4.92 Å². The minimum absolute atomic E-state index is 0.126. The van der Waals surface area contributed by atoms with Crippen molar-refractivity contribution in [3.8, 4) is 0 Å². The van der Waals surface area contributed by atoms with Crippen molar-refractivity contribution in [1.82, 2.24) is 4.98 Å². The molecule has 0 aliphatic carbocycles. The topological polar surface area (TPSA) is 94.4 Å². The van der Waals surface area contributed by atoms with Gasteiger partial charge in [-0.15, -0.1) is 0 Å². The SMILES string of the molecule is O=C(Nc1cc(Br)c([N+](=O)[O-])cn1)OCc1ccccc1. The van der Waals surface area contributed by atoms with Crippen LogP contribution in [0.4, 0.5) is 16.3 Å². The molecular formula is C13H10BrN3O4. The largest absolute Gasteiger partial charge is 0.444 e. The Hall–Kier alpha value is -2.48. The molecule has 8 heteroatoms. The molecule has 7 nitrogen and oxygen atoms in total. The van der Waals surface area contributed by atoms with Crippen LogP contribution >= 0.6 is 15.9 Å². The van der Waals surface area contributed by atoms with Gasteiger partial charge >= 0.3 is 11.8 Å². The van der Waals surface area contributed by atoms with Crippen molar-refractivity contribution in [2.75, 3.05) is 5.32 Å². The van der Waals surface area contributed by atoms with Gasteiger partial charge < -0.3 is 4.74 Å². The average Bonchev–Trinajstić information content (AvgIpc) is 2.46. The van der Waals surface area contributed by atoms with Crippen LogP contribution in [0, 0.1) is 10.1 Å². The van der Waals surface area contributed by atoms with Gasteiger partial charge in [-0.3, -0.25) is 15.4 Å². The molecule has 1 N–H and O–H groups in total. The first kappa shape index (κ1) is 14.9. The molecule has 2 rings (SSSR count). The average molecular weight is 352 g/mol. The van der Waals surface area contributed by atoms with Gasteiger partial charge in [0.2, 0.25) is 0 Å². The molecule has 1 aromatic carbocycles. The Morgan fingerprint density at radius 2 is 2.10 bits per heavy atom. The van der Waals surface area contributed by atoms with E-state index in [0.29, 0.717) is 0 Å². The number of pyridine rings is 1. The van der Waals surface area contributed by atoms with E-state index in [-0.39, 0.29) is 22.6 Å². The van der Waals surface area contributed by atoms with Crippen LogP contribution in [0.15, 0.2) is 47.1 Å². The lowest BCUT2D eigenvalue weighted by atomic mass is 10.2. The van der Waals surface area contributed by atoms with Crippen molar-refractivity contribution in [1.29, 1.82) is 0 Å². The van der Waals surface area contributed by atoms with Crippen LogP contribution in [0.2, 0.25) is 0 Å². The minimum atomic E-state index is -0.688. The Morgan fingerprint density at radius 1 is 1.38 bits per heavy atom. The van der Waals surface area contributed by atoms with Crippen molar-refractivity contribution in [2.45, 2.75) is 6.61 Å². The highest BCUT2D eigenvalue weighted by atomic mass is 79.9. The predicted octanol–water partition coefficient (Wildman–Crippen LogP) is 3.50. The molecule has 0 radical (unpaired) electrons. The second-order valence-electron chi connectivity index (χ2n) is 3.96. The van der Waals surface area contributed by atoms with Crippen LogP contribution in [0.5, 0.6) is 0 Å². The molecule has 0 saturated carbocycles. The number of ether oxygens (including phenoxy) is 1. The van der Waals surface area contributed by atoms with Gasteiger partial charge in [0.15, 0.2) is 0 Å². The molecule has 1 aromatic heterocycles. The molecule has 0 fully saturated rings. The second-order valence-corrected chi connectivity index (χ2v) is 4.82. The van der Waals surface area contributed by atoms with Gasteiger partial charge in [-0.05, 0) is 21.5 Å². The Balaban J connectivity index is 1.94. The number of nitrogens with zero attached hydrogens (tertiary/aromatic N) is 2. The third kappa shape index (κ3) is 4.25. The molecule has 21 heavy (non-hydrogen) atoms. The number of nitro groups is 1. The van der Waals surface area contributed by atoms with Crippen LogP contribution in [-0.2, 0) is 11.3 Å². The van der Waals surface area contributed by atoms with Crippen molar-refractivity contribution >= 4 is 33.5 Å². The normalized spacial score (nSPS) is 9.95. The fourth-order valence-corrected chi connectivity index (χ4v) is 1.95. The summed E-state index contributed by atoms with van der Waals surface area (Å²) in [5, 5.41) is 13.0. The van der Waals surface area contributed by atoms with Gasteiger partial charge in [-0.1, -0.05) is 30.3 Å². The van der Waals surface area contributed by atoms with Crippen LogP contribution < -0.4 is 5.32 Å². The molecule has 108 valence electrons. The summed E-state index contributed by atoms with van der Waals surface area (Å²) < 4.78 is 5.23. The number of carbonyl (C=O) groups excluding carboxylic acids is 1. The smallest absolute Gasteiger partial charge is 0.413 e. The van der Waals surface area contributed by atoms with E-state index in [1.807, 2.05) is 30.3 Å². The lowest BCUT2D eigenvalue weighted by Crippen LogP contribution is -2.14. The lowest BCUT2D eigenvalue weighted by Gasteiger charge is -2.06. The van der Waals surface area contributed by atoms with Gasteiger partial charge in [-0.2, -0.15) is 0 Å². The fraction of sp³-hybridized carbons (Fsp3) is 0.0769. The van der Waals surface area contributed by atoms with E-state index in [9.17, 15) is 14.9 Å². The monoisotopic (exact) mass is 351 g/mol. The highest BCUT2D eigenvalue weighted by Gasteiger charge is 2.14. The van der Waals surface area contributed by atoms with E-state index in [4.69, 9.17) is 4.74 Å². The van der Waals surface area contributed by atoms with Crippen molar-refractivity contribution < 1.29 is 14.5 Å². The maximum atomic E-state index is 11.6. The Bertz CT molecular complexity index is 664. The van der Waals surface area contributed by atoms with Crippen LogP contribution in [0.25, 0.3) is 0 Å². The number of carbonyl (C=O) groups is 1. The van der Waals surface area contributed by atoms with Gasteiger partial charge in [0.25, 0.3) is 0 Å². The van der Waals surface area contributed by atoms with Crippen molar-refractivity contribution in [3.05, 3.63) is 62.7 Å². The summed E-state index contributed by atoms with van der Waals surface area (Å²) in [5.74, 6) is 0.158. The van der Waals surface area contributed by atoms with E-state index < -0.39 is 11.0 Å². The first-order valence-corrected chi connectivity index (χ1v) is 6.63. The number of hydrogen-bond donors (Lipinski definition) is 1. The molecule has 0 aliphatic rings. The van der Waals surface area contributed by atoms with Crippen LogP contribution in [0.3, 0.4) is 0 Å². The summed E-state index contributed by atoms with van der Waals surface area (Å²) in [5.41, 5.74) is 0.670. The number of aromatic nitrogens is 1. The number of anilines is 1. The lowest BCUT2D eigenvalue weighted by molar-refractivity contribution is -0.386. The molecule has 0 spiro atoms. The minimum Gasteiger partial charge on any atom is -0.444 e. The van der Waals surface area contributed by atoms with E-state index in [1.54, 1.807) is 0 Å². The molecule has 0 aliphatic heterocycles. The molecule has 0 unspecified atom stereocenters. The van der Waals surface area contributed by atoms with Gasteiger partial charge in [0, 0.05) is 6.07 Å². The third-order valence-electron chi connectivity index (χ3n) is 2.47. The highest BCUT2D eigenvalue weighted by molar-refractivity contribution is 9.10. The molecule has 1 amide bonds. The number of rotatable bonds is 4. The number of halogens is 1. The first-order chi connectivity index (χ1) is 10.1. The van der Waals surface area contributed by atoms with E-state index in [1.165, 1.54) is 6.07 Å². The Labute approximate surface area is 128 Å². The Kier molecular flexibility index (Phi) is 4.83. The van der Waals surface area contributed by atoms with E-state index in [0.717, 1.165) is 11.8 Å². The van der Waals surface area contributed by atoms with E-state index >= 15 is 0 Å². The van der Waals surface area contributed by atoms with Crippen LogP contribution in [-0.4, -0.2) is 16.0 Å². The van der Waals surface area contributed by atoms with Crippen molar-refractivity contribution in [2.24, 2.45) is 0 Å². The molecule has 0 saturated heterocycles. The predicted molar refractivity (Wildman–Crippen MR) is 78.8 cm³/mol. The maximum absolute atomic E-state index is 11.6. The summed E-state index contributed by atoms with van der Waals surface area (Å²) >= 11 is 3.04. The third-order valence-corrected chi connectivity index (χ3v) is 3.11. The maximum Gasteiger partial charge on any atom is 0.413 e. The highest BCUT2D eigenvalue weighted by Crippen LogP contribution is 2.25. The fourth-order valence-electron chi connectivity index (χ4n) is 1.49. The van der Waals surface area contributed by atoms with Crippen LogP contribution in [0.1, 0.15) is 5.56 Å². The zero-order valence-electron chi connectivity index (χ0n) is 10.7. The zero-order valence-corrected chi connectivity index (χ0v) is 12.2. The quantitative estimate of drug-likeness (QED) is 0.671. The standard InChI is InChI=1S/C13H10BrN3O4/c14-10-6-12(15-7-11(10)17(19)20)16-13(18)21-8-9-4-2-1-3-5-9/h1-7H,8H2,(H,15,16,18). The van der Waals surface area contributed by atoms with Gasteiger partial charge in [-0.25, -0.2) is 9.78 Å². The molecule has 1 heterocycles. The van der Waals surface area contributed by atoms with E-state index in [2.05, 4.69) is 26.2 Å². The second kappa shape index (κ2) is 6.80. The number of hydrogen-bond acceptors (Lipinski definition) is 5. The molecule has 0 atom stereocenters. The summed E-state index contributed by atoms with van der Waals surface area (Å²) in [4.78, 5) is 25.4.